The van der Waals surface area contributed by atoms with Crippen molar-refractivity contribution >= 4 is 17.6 Å². The minimum Gasteiger partial charge on any atom is -0.473 e. The van der Waals surface area contributed by atoms with E-state index in [0.29, 0.717) is 30.3 Å². The van der Waals surface area contributed by atoms with Gasteiger partial charge in [0, 0.05) is 31.3 Å². The van der Waals surface area contributed by atoms with Crippen molar-refractivity contribution in [2.24, 2.45) is 0 Å². The van der Waals surface area contributed by atoms with Gasteiger partial charge in [0.1, 0.15) is 6.61 Å². The van der Waals surface area contributed by atoms with Crippen molar-refractivity contribution in [1.82, 2.24) is 20.5 Å². The third-order valence-electron chi connectivity index (χ3n) is 4.71. The highest BCUT2D eigenvalue weighted by Gasteiger charge is 2.08. The number of carbonyl (C=O) groups excluding carboxylic acids is 2. The summed E-state index contributed by atoms with van der Waals surface area (Å²) in [6, 6.07) is 20.1. The van der Waals surface area contributed by atoms with Crippen LogP contribution >= 0.6 is 0 Å². The molecule has 3 rings (SSSR count). The van der Waals surface area contributed by atoms with Gasteiger partial charge in [-0.25, -0.2) is 9.78 Å². The monoisotopic (exact) mass is 447 g/mol. The summed E-state index contributed by atoms with van der Waals surface area (Å²) in [4.78, 5) is 30.7. The molecule has 8 nitrogen and oxygen atoms in total. The molecule has 172 valence electrons. The summed E-state index contributed by atoms with van der Waals surface area (Å²) < 4.78 is 5.65. The lowest BCUT2D eigenvalue weighted by Crippen LogP contribution is -2.31. The molecule has 0 saturated carbocycles. The Balaban J connectivity index is 1.44. The molecule has 0 saturated heterocycles. The van der Waals surface area contributed by atoms with Gasteiger partial charge in [0.25, 0.3) is 5.91 Å². The Morgan fingerprint density at radius 2 is 1.73 bits per heavy atom. The van der Waals surface area contributed by atoms with Gasteiger partial charge < -0.3 is 25.6 Å². The smallest absolute Gasteiger partial charge is 0.319 e. The number of amides is 3. The van der Waals surface area contributed by atoms with Gasteiger partial charge in [0.05, 0.1) is 11.9 Å². The zero-order valence-electron chi connectivity index (χ0n) is 18.9. The summed E-state index contributed by atoms with van der Waals surface area (Å²) in [6.45, 7) is 2.05. The number of anilines is 1. The van der Waals surface area contributed by atoms with Gasteiger partial charge in [-0.05, 0) is 43.4 Å². The molecule has 0 bridgehead atoms. The molecule has 0 aliphatic carbocycles. The van der Waals surface area contributed by atoms with Crippen LogP contribution in [0.1, 0.15) is 21.5 Å². The predicted octanol–water partition coefficient (Wildman–Crippen LogP) is 3.27. The second kappa shape index (κ2) is 12.2. The summed E-state index contributed by atoms with van der Waals surface area (Å²) in [7, 11) is 3.90. The molecule has 0 spiro atoms. The molecule has 1 heterocycles. The summed E-state index contributed by atoms with van der Waals surface area (Å²) in [5.41, 5.74) is 2.99. The lowest BCUT2D eigenvalue weighted by atomic mass is 10.1. The van der Waals surface area contributed by atoms with E-state index in [1.807, 2.05) is 55.4 Å². The Labute approximate surface area is 194 Å². The predicted molar refractivity (Wildman–Crippen MR) is 128 cm³/mol. The van der Waals surface area contributed by atoms with E-state index in [-0.39, 0.29) is 18.5 Å². The van der Waals surface area contributed by atoms with Crippen molar-refractivity contribution in [3.63, 3.8) is 0 Å². The number of nitrogens with zero attached hydrogens (tertiary/aromatic N) is 2. The first-order chi connectivity index (χ1) is 16.0. The Morgan fingerprint density at radius 3 is 2.45 bits per heavy atom. The maximum Gasteiger partial charge on any atom is 0.319 e. The number of likely N-dealkylation sites (N-methyl/N-ethyl adjacent to an activating group) is 1. The van der Waals surface area contributed by atoms with Gasteiger partial charge in [0.15, 0.2) is 0 Å². The van der Waals surface area contributed by atoms with Crippen LogP contribution in [0.25, 0.3) is 0 Å². The molecule has 1 aromatic heterocycles. The number of hydrogen-bond donors (Lipinski definition) is 3. The molecule has 3 aromatic rings. The van der Waals surface area contributed by atoms with E-state index in [1.165, 1.54) is 0 Å². The van der Waals surface area contributed by atoms with E-state index in [4.69, 9.17) is 4.74 Å². The maximum absolute atomic E-state index is 12.3. The van der Waals surface area contributed by atoms with E-state index in [9.17, 15) is 9.59 Å². The van der Waals surface area contributed by atoms with Crippen LogP contribution in [0.4, 0.5) is 10.5 Å². The first-order valence-corrected chi connectivity index (χ1v) is 10.7. The number of hydrogen-bond acceptors (Lipinski definition) is 5. The van der Waals surface area contributed by atoms with Gasteiger partial charge in [-0.15, -0.1) is 0 Å². The highest BCUT2D eigenvalue weighted by Crippen LogP contribution is 2.13. The van der Waals surface area contributed by atoms with Crippen molar-refractivity contribution in [3.8, 4) is 5.88 Å². The fourth-order valence-corrected chi connectivity index (χ4v) is 2.95. The fraction of sp³-hybridized carbons (Fsp3) is 0.240. The number of aromatic nitrogens is 1. The van der Waals surface area contributed by atoms with Gasteiger partial charge in [-0.3, -0.25) is 4.79 Å². The van der Waals surface area contributed by atoms with Crippen molar-refractivity contribution in [3.05, 3.63) is 89.6 Å². The summed E-state index contributed by atoms with van der Waals surface area (Å²) in [5.74, 6) is 0.342. The molecule has 0 aliphatic heterocycles. The Bertz CT molecular complexity index is 1040. The zero-order chi connectivity index (χ0) is 23.5. The molecule has 3 amide bonds. The van der Waals surface area contributed by atoms with E-state index >= 15 is 0 Å². The topological polar surface area (TPSA) is 95.6 Å². The second-order valence-electron chi connectivity index (χ2n) is 7.73. The van der Waals surface area contributed by atoms with Crippen LogP contribution < -0.4 is 20.7 Å². The van der Waals surface area contributed by atoms with Crippen LogP contribution in [-0.4, -0.2) is 49.0 Å². The average Bonchev–Trinajstić information content (AvgIpc) is 2.83. The van der Waals surface area contributed by atoms with Crippen LogP contribution in [0.5, 0.6) is 5.88 Å². The third-order valence-corrected chi connectivity index (χ3v) is 4.71. The number of nitrogens with one attached hydrogen (secondary N) is 3. The van der Waals surface area contributed by atoms with Crippen LogP contribution in [0.15, 0.2) is 72.9 Å². The second-order valence-corrected chi connectivity index (χ2v) is 7.73. The fourth-order valence-electron chi connectivity index (χ4n) is 2.95. The third kappa shape index (κ3) is 8.27. The SMILES string of the molecule is CN(C)CCNC(=O)c1cccc(CNC(=O)Nc2ccc(OCc3ccccc3)nc2)c1. The molecule has 0 unspecified atom stereocenters. The molecule has 0 aliphatic rings. The summed E-state index contributed by atoms with van der Waals surface area (Å²) >= 11 is 0. The molecular weight excluding hydrogens is 418 g/mol. The maximum atomic E-state index is 12.3. The van der Waals surface area contributed by atoms with Crippen molar-refractivity contribution in [1.29, 1.82) is 0 Å². The Kier molecular flexibility index (Phi) is 8.79. The normalized spacial score (nSPS) is 10.5. The molecule has 0 atom stereocenters. The van der Waals surface area contributed by atoms with E-state index in [0.717, 1.165) is 17.7 Å². The minimum atomic E-state index is -0.365. The number of urea groups is 1. The lowest BCUT2D eigenvalue weighted by Gasteiger charge is -2.11. The van der Waals surface area contributed by atoms with Gasteiger partial charge in [0.2, 0.25) is 5.88 Å². The summed E-state index contributed by atoms with van der Waals surface area (Å²) in [6.07, 6.45) is 1.54. The summed E-state index contributed by atoms with van der Waals surface area (Å²) in [5, 5.41) is 8.40. The van der Waals surface area contributed by atoms with Crippen LogP contribution in [0.3, 0.4) is 0 Å². The highest BCUT2D eigenvalue weighted by atomic mass is 16.5. The average molecular weight is 448 g/mol. The van der Waals surface area contributed by atoms with Gasteiger partial charge in [-0.2, -0.15) is 0 Å². The molecule has 8 heteroatoms. The number of rotatable bonds is 10. The molecule has 2 aromatic carbocycles. The van der Waals surface area contributed by atoms with Gasteiger partial charge >= 0.3 is 6.03 Å². The molecule has 0 radical (unpaired) electrons. The molecular formula is C25H29N5O3. The Hall–Kier alpha value is -3.91. The largest absolute Gasteiger partial charge is 0.473 e. The van der Waals surface area contributed by atoms with E-state index < -0.39 is 0 Å². The molecule has 0 fully saturated rings. The van der Waals surface area contributed by atoms with E-state index in [1.54, 1.807) is 36.5 Å². The number of pyridine rings is 1. The molecule has 33 heavy (non-hydrogen) atoms. The zero-order valence-corrected chi connectivity index (χ0v) is 18.9. The van der Waals surface area contributed by atoms with E-state index in [2.05, 4.69) is 20.9 Å². The van der Waals surface area contributed by atoms with Crippen molar-refractivity contribution in [2.45, 2.75) is 13.2 Å². The number of ether oxygens (including phenoxy) is 1. The molecule has 3 N–H and O–H groups in total. The number of benzene rings is 2. The van der Waals surface area contributed by atoms with Crippen molar-refractivity contribution in [2.75, 3.05) is 32.5 Å². The van der Waals surface area contributed by atoms with Crippen LogP contribution in [0, 0.1) is 0 Å². The van der Waals surface area contributed by atoms with Crippen LogP contribution in [-0.2, 0) is 13.2 Å². The highest BCUT2D eigenvalue weighted by molar-refractivity contribution is 5.94. The quantitative estimate of drug-likeness (QED) is 0.443. The lowest BCUT2D eigenvalue weighted by molar-refractivity contribution is 0.0951. The van der Waals surface area contributed by atoms with Gasteiger partial charge in [-0.1, -0.05) is 42.5 Å². The van der Waals surface area contributed by atoms with Crippen molar-refractivity contribution < 1.29 is 14.3 Å². The minimum absolute atomic E-state index is 0.135. The first kappa shape index (κ1) is 23.7. The Morgan fingerprint density at radius 1 is 0.939 bits per heavy atom. The number of carbonyl (C=O) groups is 2. The first-order valence-electron chi connectivity index (χ1n) is 10.7. The standard InChI is InChI=1S/C25H29N5O3/c1-30(2)14-13-26-24(31)21-10-6-9-20(15-21)16-28-25(32)29-22-11-12-23(27-17-22)33-18-19-7-4-3-5-8-19/h3-12,15,17H,13-14,16,18H2,1-2H3,(H,26,31)(H2,28,29,32). The van der Waals surface area contributed by atoms with Crippen LogP contribution in [0.2, 0.25) is 0 Å².